The number of H-pyrrole nitrogens is 1. The number of hydrogen-bond acceptors (Lipinski definition) is 3. The lowest BCUT2D eigenvalue weighted by Crippen LogP contribution is -2.48. The molecule has 0 spiro atoms. The van der Waals surface area contributed by atoms with Crippen LogP contribution in [-0.4, -0.2) is 23.0 Å². The Morgan fingerprint density at radius 2 is 1.62 bits per heavy atom. The zero-order valence-electron chi connectivity index (χ0n) is 18.8. The smallest absolute Gasteiger partial charge is 0.408 e. The van der Waals surface area contributed by atoms with Crippen LogP contribution in [0.25, 0.3) is 10.9 Å². The van der Waals surface area contributed by atoms with Crippen molar-refractivity contribution in [2.75, 3.05) is 0 Å². The summed E-state index contributed by atoms with van der Waals surface area (Å²) in [7, 11) is 0. The van der Waals surface area contributed by atoms with E-state index in [0.717, 1.165) is 22.0 Å². The van der Waals surface area contributed by atoms with Gasteiger partial charge in [-0.25, -0.2) is 4.79 Å². The molecule has 3 N–H and O–H groups in total. The topological polar surface area (TPSA) is 83.2 Å². The largest absolute Gasteiger partial charge is 0.445 e. The molecule has 1 aromatic heterocycles. The number of nitrogens with one attached hydrogen (secondary N) is 3. The summed E-state index contributed by atoms with van der Waals surface area (Å²) in [6, 6.07) is 23.6. The zero-order chi connectivity index (χ0) is 23.9. The van der Waals surface area contributed by atoms with Gasteiger partial charge in [0.15, 0.2) is 0 Å². The minimum absolute atomic E-state index is 0.00729. The minimum atomic E-state index is -0.830. The molecule has 0 saturated carbocycles. The maximum atomic E-state index is 13.2. The SMILES string of the molecule is C[C@H](NC(=O)[C@@H](Cc1c[nH]c2ccccc12)NC(=O)OCc1ccccc1Cl)c1ccccc1. The van der Waals surface area contributed by atoms with Crippen LogP contribution in [0.15, 0.2) is 85.1 Å². The number of carbonyl (C=O) groups excluding carboxylic acids is 2. The molecule has 0 aliphatic rings. The summed E-state index contributed by atoms with van der Waals surface area (Å²) in [5, 5.41) is 7.26. The molecule has 0 bridgehead atoms. The molecule has 2 amide bonds. The molecule has 2 atom stereocenters. The van der Waals surface area contributed by atoms with Gasteiger partial charge in [0.05, 0.1) is 6.04 Å². The highest BCUT2D eigenvalue weighted by molar-refractivity contribution is 6.31. The first kappa shape index (κ1) is 23.4. The Morgan fingerprint density at radius 3 is 2.41 bits per heavy atom. The minimum Gasteiger partial charge on any atom is -0.445 e. The first-order valence-corrected chi connectivity index (χ1v) is 11.5. The van der Waals surface area contributed by atoms with E-state index in [2.05, 4.69) is 15.6 Å². The average molecular weight is 476 g/mol. The van der Waals surface area contributed by atoms with Crippen molar-refractivity contribution in [3.8, 4) is 0 Å². The lowest BCUT2D eigenvalue weighted by Gasteiger charge is -2.21. The number of amides is 2. The molecule has 3 aromatic carbocycles. The first-order valence-electron chi connectivity index (χ1n) is 11.1. The van der Waals surface area contributed by atoms with Gasteiger partial charge in [-0.1, -0.05) is 78.3 Å². The van der Waals surface area contributed by atoms with Crippen molar-refractivity contribution in [3.05, 3.63) is 107 Å². The fourth-order valence-corrected chi connectivity index (χ4v) is 4.00. The van der Waals surface area contributed by atoms with Gasteiger partial charge in [0, 0.05) is 34.1 Å². The van der Waals surface area contributed by atoms with E-state index in [-0.39, 0.29) is 18.6 Å². The molecule has 0 unspecified atom stereocenters. The highest BCUT2D eigenvalue weighted by atomic mass is 35.5. The molecule has 0 saturated heterocycles. The monoisotopic (exact) mass is 475 g/mol. The van der Waals surface area contributed by atoms with Crippen molar-refractivity contribution in [3.63, 3.8) is 0 Å². The van der Waals surface area contributed by atoms with Crippen LogP contribution in [0.4, 0.5) is 4.79 Å². The molecule has 4 rings (SSSR count). The van der Waals surface area contributed by atoms with Crippen molar-refractivity contribution >= 4 is 34.5 Å². The van der Waals surface area contributed by atoms with Gasteiger partial charge in [-0.2, -0.15) is 0 Å². The van der Waals surface area contributed by atoms with Crippen LogP contribution in [-0.2, 0) is 22.6 Å². The normalized spacial score (nSPS) is 12.6. The third-order valence-electron chi connectivity index (χ3n) is 5.68. The maximum absolute atomic E-state index is 13.2. The molecule has 7 heteroatoms. The van der Waals surface area contributed by atoms with Gasteiger partial charge in [-0.3, -0.25) is 4.79 Å². The van der Waals surface area contributed by atoms with E-state index in [1.165, 1.54) is 0 Å². The molecule has 0 aliphatic heterocycles. The third kappa shape index (κ3) is 5.77. The van der Waals surface area contributed by atoms with Gasteiger partial charge >= 0.3 is 6.09 Å². The van der Waals surface area contributed by atoms with Crippen LogP contribution in [0.3, 0.4) is 0 Å². The fraction of sp³-hybridized carbons (Fsp3) is 0.185. The van der Waals surface area contributed by atoms with Gasteiger partial charge in [0.25, 0.3) is 0 Å². The summed E-state index contributed by atoms with van der Waals surface area (Å²) >= 11 is 6.15. The van der Waals surface area contributed by atoms with E-state index in [0.29, 0.717) is 17.0 Å². The zero-order valence-corrected chi connectivity index (χ0v) is 19.5. The van der Waals surface area contributed by atoms with Crippen molar-refractivity contribution in [1.29, 1.82) is 0 Å². The lowest BCUT2D eigenvalue weighted by molar-refractivity contribution is -0.123. The van der Waals surface area contributed by atoms with E-state index >= 15 is 0 Å². The van der Waals surface area contributed by atoms with Crippen molar-refractivity contribution in [2.45, 2.75) is 32.0 Å². The second-order valence-electron chi connectivity index (χ2n) is 8.07. The summed E-state index contributed by atoms with van der Waals surface area (Å²) in [5.74, 6) is -0.295. The van der Waals surface area contributed by atoms with E-state index in [1.54, 1.807) is 18.2 Å². The second kappa shape index (κ2) is 10.9. The van der Waals surface area contributed by atoms with Crippen LogP contribution in [0.2, 0.25) is 5.02 Å². The molecular weight excluding hydrogens is 450 g/mol. The van der Waals surface area contributed by atoms with Crippen molar-refractivity contribution in [2.24, 2.45) is 0 Å². The standard InChI is InChI=1S/C27H26ClN3O3/c1-18(19-9-3-2-4-10-19)30-26(32)25(15-21-16-29-24-14-8-6-12-22(21)24)31-27(33)34-17-20-11-5-7-13-23(20)28/h2-14,16,18,25,29H,15,17H2,1H3,(H,30,32)(H,31,33)/t18-,25+/m0/s1. The molecule has 6 nitrogen and oxygen atoms in total. The number of fused-ring (bicyclic) bond motifs is 1. The Morgan fingerprint density at radius 1 is 0.912 bits per heavy atom. The van der Waals surface area contributed by atoms with Gasteiger partial charge in [-0.05, 0) is 30.2 Å². The number of para-hydroxylation sites is 1. The summed E-state index contributed by atoms with van der Waals surface area (Å²) in [4.78, 5) is 29.1. The Labute approximate surface area is 203 Å². The number of ether oxygens (including phenoxy) is 1. The molecule has 0 aliphatic carbocycles. The lowest BCUT2D eigenvalue weighted by atomic mass is 10.0. The summed E-state index contributed by atoms with van der Waals surface area (Å²) < 4.78 is 5.36. The number of alkyl carbamates (subject to hydrolysis) is 1. The van der Waals surface area contributed by atoms with Gasteiger partial charge in [0.2, 0.25) is 5.91 Å². The van der Waals surface area contributed by atoms with Gasteiger partial charge < -0.3 is 20.4 Å². The molecule has 174 valence electrons. The molecule has 1 heterocycles. The van der Waals surface area contributed by atoms with E-state index in [4.69, 9.17) is 16.3 Å². The quantitative estimate of drug-likeness (QED) is 0.313. The summed E-state index contributed by atoms with van der Waals surface area (Å²) in [6.07, 6.45) is 1.48. The Kier molecular flexibility index (Phi) is 7.50. The van der Waals surface area contributed by atoms with Crippen molar-refractivity contribution < 1.29 is 14.3 Å². The van der Waals surface area contributed by atoms with E-state index < -0.39 is 12.1 Å². The Hall–Kier alpha value is -3.77. The van der Waals surface area contributed by atoms with E-state index in [1.807, 2.05) is 73.8 Å². The predicted molar refractivity (Wildman–Crippen MR) is 134 cm³/mol. The van der Waals surface area contributed by atoms with E-state index in [9.17, 15) is 9.59 Å². The number of hydrogen-bond donors (Lipinski definition) is 3. The number of aromatic amines is 1. The number of benzene rings is 3. The number of halogens is 1. The van der Waals surface area contributed by atoms with Crippen LogP contribution in [0.5, 0.6) is 0 Å². The number of aromatic nitrogens is 1. The Balaban J connectivity index is 1.48. The second-order valence-corrected chi connectivity index (χ2v) is 8.48. The predicted octanol–water partition coefficient (Wildman–Crippen LogP) is 5.54. The third-order valence-corrected chi connectivity index (χ3v) is 6.05. The molecule has 34 heavy (non-hydrogen) atoms. The Bertz CT molecular complexity index is 1270. The average Bonchev–Trinajstić information content (AvgIpc) is 3.26. The number of carbonyl (C=O) groups is 2. The fourth-order valence-electron chi connectivity index (χ4n) is 3.81. The van der Waals surface area contributed by atoms with Crippen LogP contribution < -0.4 is 10.6 Å². The highest BCUT2D eigenvalue weighted by Gasteiger charge is 2.25. The van der Waals surface area contributed by atoms with Crippen LogP contribution >= 0.6 is 11.6 Å². The van der Waals surface area contributed by atoms with Crippen LogP contribution in [0, 0.1) is 0 Å². The molecule has 0 radical (unpaired) electrons. The summed E-state index contributed by atoms with van der Waals surface area (Å²) in [5.41, 5.74) is 3.56. The molecule has 0 fully saturated rings. The van der Waals surface area contributed by atoms with Crippen molar-refractivity contribution in [1.82, 2.24) is 15.6 Å². The highest BCUT2D eigenvalue weighted by Crippen LogP contribution is 2.20. The number of rotatable bonds is 8. The maximum Gasteiger partial charge on any atom is 0.408 e. The first-order chi connectivity index (χ1) is 16.5. The van der Waals surface area contributed by atoms with Gasteiger partial charge in [-0.15, -0.1) is 0 Å². The van der Waals surface area contributed by atoms with Crippen LogP contribution in [0.1, 0.15) is 29.7 Å². The molecular formula is C27H26ClN3O3. The summed E-state index contributed by atoms with van der Waals surface area (Å²) in [6.45, 7) is 1.92. The van der Waals surface area contributed by atoms with Gasteiger partial charge in [0.1, 0.15) is 12.6 Å². The molecule has 4 aromatic rings.